The summed E-state index contributed by atoms with van der Waals surface area (Å²) in [6.07, 6.45) is 1.47. The number of methoxy groups -OCH3 is 1. The molecule has 0 unspecified atom stereocenters. The first kappa shape index (κ1) is 18.9. The molecule has 2 aromatic rings. The van der Waals surface area contributed by atoms with Crippen LogP contribution >= 0.6 is 34.8 Å². The molecule has 2 rings (SSSR count). The average Bonchev–Trinajstić information content (AvgIpc) is 2.51. The van der Waals surface area contributed by atoms with Gasteiger partial charge in [-0.1, -0.05) is 40.9 Å². The van der Waals surface area contributed by atoms with Crippen LogP contribution in [0, 0.1) is 0 Å². The number of hydrogen-bond acceptors (Lipinski definition) is 3. The van der Waals surface area contributed by atoms with Crippen molar-refractivity contribution in [1.29, 1.82) is 0 Å². The van der Waals surface area contributed by atoms with Crippen molar-refractivity contribution < 1.29 is 13.2 Å². The van der Waals surface area contributed by atoms with Gasteiger partial charge in [0.2, 0.25) is 0 Å². The standard InChI is InChI=1S/C16H14Cl3NO3S/c1-3-6-20(13-8-11(17)7-12(18)9-13)24(21,22)14-4-5-16(23-2)15(19)10-14/h3-5,7-10H,1,6H2,2H3. The molecule has 0 aliphatic heterocycles. The summed E-state index contributed by atoms with van der Waals surface area (Å²) in [6, 6.07) is 8.79. The van der Waals surface area contributed by atoms with Gasteiger partial charge in [0, 0.05) is 10.0 Å². The molecule has 0 bridgehead atoms. The summed E-state index contributed by atoms with van der Waals surface area (Å²) in [6.45, 7) is 3.65. The van der Waals surface area contributed by atoms with E-state index in [0.717, 1.165) is 4.31 Å². The molecule has 128 valence electrons. The molecule has 0 saturated carbocycles. The second-order valence-corrected chi connectivity index (χ2v) is 7.89. The number of anilines is 1. The Morgan fingerprint density at radius 2 is 1.75 bits per heavy atom. The largest absolute Gasteiger partial charge is 0.495 e. The van der Waals surface area contributed by atoms with Crippen molar-refractivity contribution in [1.82, 2.24) is 0 Å². The fourth-order valence-corrected chi connectivity index (χ4v) is 4.36. The smallest absolute Gasteiger partial charge is 0.264 e. The minimum Gasteiger partial charge on any atom is -0.495 e. The lowest BCUT2D eigenvalue weighted by Crippen LogP contribution is -2.31. The zero-order valence-electron chi connectivity index (χ0n) is 12.7. The second-order valence-electron chi connectivity index (χ2n) is 4.75. The van der Waals surface area contributed by atoms with Gasteiger partial charge in [0.15, 0.2) is 0 Å². The Labute approximate surface area is 156 Å². The Kier molecular flexibility index (Phi) is 6.04. The predicted molar refractivity (Wildman–Crippen MR) is 99.2 cm³/mol. The van der Waals surface area contributed by atoms with Crippen LogP contribution < -0.4 is 9.04 Å². The van der Waals surface area contributed by atoms with Crippen molar-refractivity contribution in [2.24, 2.45) is 0 Å². The summed E-state index contributed by atoms with van der Waals surface area (Å²) in [4.78, 5) is 0.0197. The fourth-order valence-electron chi connectivity index (χ4n) is 2.08. The molecule has 0 aromatic heterocycles. The first-order valence-electron chi connectivity index (χ1n) is 6.73. The number of nitrogens with zero attached hydrogens (tertiary/aromatic N) is 1. The summed E-state index contributed by atoms with van der Waals surface area (Å²) < 4.78 is 32.2. The Bertz CT molecular complexity index is 849. The highest BCUT2D eigenvalue weighted by Gasteiger charge is 2.25. The van der Waals surface area contributed by atoms with E-state index in [1.165, 1.54) is 49.6 Å². The normalized spacial score (nSPS) is 11.2. The van der Waals surface area contributed by atoms with E-state index in [-0.39, 0.29) is 16.5 Å². The van der Waals surface area contributed by atoms with Gasteiger partial charge in [-0.15, -0.1) is 6.58 Å². The first-order chi connectivity index (χ1) is 11.3. The Balaban J connectivity index is 2.56. The number of sulfonamides is 1. The highest BCUT2D eigenvalue weighted by atomic mass is 35.5. The molecule has 0 spiro atoms. The summed E-state index contributed by atoms with van der Waals surface area (Å²) in [5.74, 6) is 0.386. The van der Waals surface area contributed by atoms with Crippen molar-refractivity contribution in [2.45, 2.75) is 4.90 Å². The van der Waals surface area contributed by atoms with Gasteiger partial charge >= 0.3 is 0 Å². The lowest BCUT2D eigenvalue weighted by atomic mass is 10.3. The van der Waals surface area contributed by atoms with E-state index < -0.39 is 10.0 Å². The maximum Gasteiger partial charge on any atom is 0.264 e. The third-order valence-electron chi connectivity index (χ3n) is 3.14. The predicted octanol–water partition coefficient (Wildman–Crippen LogP) is 5.04. The van der Waals surface area contributed by atoms with Crippen LogP contribution in [-0.2, 0) is 10.0 Å². The van der Waals surface area contributed by atoms with Gasteiger partial charge in [0.05, 0.1) is 29.3 Å². The van der Waals surface area contributed by atoms with Crippen LogP contribution in [0.15, 0.2) is 53.9 Å². The summed E-state index contributed by atoms with van der Waals surface area (Å²) in [5.41, 5.74) is 0.333. The number of rotatable bonds is 6. The van der Waals surface area contributed by atoms with Crippen molar-refractivity contribution in [2.75, 3.05) is 18.0 Å². The van der Waals surface area contributed by atoms with E-state index in [1.807, 2.05) is 0 Å². The lowest BCUT2D eigenvalue weighted by Gasteiger charge is -2.24. The van der Waals surface area contributed by atoms with Crippen LogP contribution in [0.25, 0.3) is 0 Å². The second kappa shape index (κ2) is 7.66. The molecule has 0 N–H and O–H groups in total. The summed E-state index contributed by atoms with van der Waals surface area (Å²) in [5, 5.41) is 0.852. The van der Waals surface area contributed by atoms with Gasteiger partial charge in [-0.25, -0.2) is 8.42 Å². The van der Waals surface area contributed by atoms with Crippen molar-refractivity contribution >= 4 is 50.5 Å². The zero-order chi connectivity index (χ0) is 17.9. The van der Waals surface area contributed by atoms with Crippen molar-refractivity contribution in [3.63, 3.8) is 0 Å². The molecule has 0 radical (unpaired) electrons. The molecule has 0 aliphatic rings. The monoisotopic (exact) mass is 405 g/mol. The Hall–Kier alpha value is -1.40. The van der Waals surface area contributed by atoms with Gasteiger partial charge in [-0.05, 0) is 36.4 Å². The molecule has 2 aromatic carbocycles. The van der Waals surface area contributed by atoms with Crippen LogP contribution in [0.4, 0.5) is 5.69 Å². The van der Waals surface area contributed by atoms with E-state index >= 15 is 0 Å². The van der Waals surface area contributed by atoms with Gasteiger partial charge in [0.1, 0.15) is 5.75 Å². The van der Waals surface area contributed by atoms with E-state index in [4.69, 9.17) is 39.5 Å². The number of benzene rings is 2. The van der Waals surface area contributed by atoms with Gasteiger partial charge < -0.3 is 4.74 Å². The maximum absolute atomic E-state index is 13.0. The quantitative estimate of drug-likeness (QED) is 0.632. The lowest BCUT2D eigenvalue weighted by molar-refractivity contribution is 0.414. The number of halogens is 3. The molecule has 0 fully saturated rings. The molecule has 0 aliphatic carbocycles. The molecule has 24 heavy (non-hydrogen) atoms. The van der Waals surface area contributed by atoms with E-state index in [0.29, 0.717) is 21.5 Å². The molecular weight excluding hydrogens is 393 g/mol. The number of hydrogen-bond donors (Lipinski definition) is 0. The third-order valence-corrected chi connectivity index (χ3v) is 5.66. The Morgan fingerprint density at radius 1 is 1.12 bits per heavy atom. The zero-order valence-corrected chi connectivity index (χ0v) is 15.8. The average molecular weight is 407 g/mol. The highest BCUT2D eigenvalue weighted by Crippen LogP contribution is 2.32. The minimum atomic E-state index is -3.89. The highest BCUT2D eigenvalue weighted by molar-refractivity contribution is 7.92. The summed E-state index contributed by atoms with van der Waals surface area (Å²) in [7, 11) is -2.44. The van der Waals surface area contributed by atoms with Crippen LogP contribution in [0.5, 0.6) is 5.75 Å². The molecule has 8 heteroatoms. The molecule has 0 atom stereocenters. The van der Waals surface area contributed by atoms with Crippen molar-refractivity contribution in [3.8, 4) is 5.75 Å². The minimum absolute atomic E-state index is 0.0197. The van der Waals surface area contributed by atoms with Crippen LogP contribution in [0.1, 0.15) is 0 Å². The summed E-state index contributed by atoms with van der Waals surface area (Å²) >= 11 is 18.0. The first-order valence-corrected chi connectivity index (χ1v) is 9.30. The topological polar surface area (TPSA) is 46.6 Å². The molecule has 4 nitrogen and oxygen atoms in total. The third kappa shape index (κ3) is 3.98. The molecule has 0 saturated heterocycles. The fraction of sp³-hybridized carbons (Fsp3) is 0.125. The van der Waals surface area contributed by atoms with Crippen LogP contribution in [0.3, 0.4) is 0 Å². The molecule has 0 amide bonds. The maximum atomic E-state index is 13.0. The van der Waals surface area contributed by atoms with E-state index in [1.54, 1.807) is 0 Å². The van der Waals surface area contributed by atoms with Crippen molar-refractivity contribution in [3.05, 3.63) is 64.1 Å². The van der Waals surface area contributed by atoms with Gasteiger partial charge in [0.25, 0.3) is 10.0 Å². The Morgan fingerprint density at radius 3 is 2.25 bits per heavy atom. The van der Waals surface area contributed by atoms with Crippen LogP contribution in [-0.4, -0.2) is 22.1 Å². The molecular formula is C16H14Cl3NO3S. The number of ether oxygens (including phenoxy) is 1. The van der Waals surface area contributed by atoms with E-state index in [2.05, 4.69) is 6.58 Å². The molecule has 0 heterocycles. The van der Waals surface area contributed by atoms with E-state index in [9.17, 15) is 8.42 Å². The SMILES string of the molecule is C=CCN(c1cc(Cl)cc(Cl)c1)S(=O)(=O)c1ccc(OC)c(Cl)c1. The van der Waals surface area contributed by atoms with Gasteiger partial charge in [-0.3, -0.25) is 4.31 Å². The van der Waals surface area contributed by atoms with Crippen LogP contribution in [0.2, 0.25) is 15.1 Å². The van der Waals surface area contributed by atoms with Gasteiger partial charge in [-0.2, -0.15) is 0 Å².